The lowest BCUT2D eigenvalue weighted by Gasteiger charge is -2.36. The summed E-state index contributed by atoms with van der Waals surface area (Å²) in [6.07, 6.45) is -4.39. The van der Waals surface area contributed by atoms with E-state index in [1.54, 1.807) is 0 Å². The monoisotopic (exact) mass is 362 g/mol. The van der Waals surface area contributed by atoms with Crippen molar-refractivity contribution < 1.29 is 23.0 Å². The molecule has 0 spiro atoms. The molecule has 0 amide bonds. The highest BCUT2D eigenvalue weighted by Crippen LogP contribution is 2.40. The highest BCUT2D eigenvalue weighted by atomic mass is 35.5. The number of phenols is 1. The third kappa shape index (κ3) is 4.81. The molecule has 4 nitrogen and oxygen atoms in total. The fourth-order valence-electron chi connectivity index (χ4n) is 2.42. The lowest BCUT2D eigenvalue weighted by atomic mass is 10.0. The van der Waals surface area contributed by atoms with Crippen LogP contribution in [0.25, 0.3) is 0 Å². The molecule has 0 radical (unpaired) electrons. The fourth-order valence-corrected chi connectivity index (χ4v) is 2.42. The van der Waals surface area contributed by atoms with Gasteiger partial charge in [0.1, 0.15) is 6.04 Å². The molecule has 0 aromatic heterocycles. The summed E-state index contributed by atoms with van der Waals surface area (Å²) in [5.41, 5.74) is 0.0256. The maximum absolute atomic E-state index is 13.3. The minimum absolute atomic E-state index is 0. The Morgan fingerprint density at radius 2 is 1.82 bits per heavy atom. The minimum Gasteiger partial charge on any atom is -0.504 e. The van der Waals surface area contributed by atoms with Crippen molar-refractivity contribution in [3.05, 3.63) is 23.8 Å². The SMILES string of the molecule is COc1ccc([C@H](N2CCNCC2)C(F)(F)F)cc1O.Cl.Cl. The molecule has 1 aliphatic rings. The number of nitrogens with one attached hydrogen (secondary N) is 1. The van der Waals surface area contributed by atoms with Gasteiger partial charge in [-0.05, 0) is 17.7 Å². The number of piperazine rings is 1. The van der Waals surface area contributed by atoms with E-state index in [0.717, 1.165) is 6.07 Å². The maximum atomic E-state index is 13.3. The first-order valence-electron chi connectivity index (χ1n) is 6.32. The quantitative estimate of drug-likeness (QED) is 0.867. The summed E-state index contributed by atoms with van der Waals surface area (Å²) in [4.78, 5) is 1.37. The van der Waals surface area contributed by atoms with Crippen LogP contribution in [-0.2, 0) is 0 Å². The number of nitrogens with zero attached hydrogens (tertiary/aromatic N) is 1. The standard InChI is InChI=1S/C13H17F3N2O2.2ClH/c1-20-11-3-2-9(8-10(11)19)12(13(14,15)16)18-6-4-17-5-7-18;;/h2-3,8,12,17,19H,4-7H2,1H3;2*1H/t12-;;/m0../s1. The van der Waals surface area contributed by atoms with E-state index in [9.17, 15) is 18.3 Å². The molecular weight excluding hydrogens is 344 g/mol. The third-order valence-corrected chi connectivity index (χ3v) is 3.35. The van der Waals surface area contributed by atoms with Gasteiger partial charge < -0.3 is 15.2 Å². The van der Waals surface area contributed by atoms with Gasteiger partial charge in [0.05, 0.1) is 7.11 Å². The molecule has 1 saturated heterocycles. The summed E-state index contributed by atoms with van der Waals surface area (Å²) in [7, 11) is 1.35. The van der Waals surface area contributed by atoms with Gasteiger partial charge in [0, 0.05) is 26.2 Å². The normalized spacial score (nSPS) is 17.1. The van der Waals surface area contributed by atoms with Crippen LogP contribution >= 0.6 is 24.8 Å². The van der Waals surface area contributed by atoms with Crippen molar-refractivity contribution in [3.63, 3.8) is 0 Å². The second-order valence-corrected chi connectivity index (χ2v) is 4.66. The Morgan fingerprint density at radius 1 is 1.23 bits per heavy atom. The van der Waals surface area contributed by atoms with E-state index < -0.39 is 12.2 Å². The number of methoxy groups -OCH3 is 1. The Bertz CT molecular complexity index is 469. The van der Waals surface area contributed by atoms with Crippen LogP contribution < -0.4 is 10.1 Å². The molecule has 0 aliphatic carbocycles. The van der Waals surface area contributed by atoms with E-state index in [1.165, 1.54) is 24.1 Å². The zero-order valence-corrected chi connectivity index (χ0v) is 13.5. The van der Waals surface area contributed by atoms with E-state index in [4.69, 9.17) is 4.74 Å². The largest absolute Gasteiger partial charge is 0.504 e. The first-order chi connectivity index (χ1) is 9.43. The number of hydrogen-bond donors (Lipinski definition) is 2. The summed E-state index contributed by atoms with van der Waals surface area (Å²) in [5, 5.41) is 12.7. The molecule has 1 fully saturated rings. The van der Waals surface area contributed by atoms with Gasteiger partial charge in [0.15, 0.2) is 11.5 Å². The first-order valence-corrected chi connectivity index (χ1v) is 6.32. The van der Waals surface area contributed by atoms with Crippen LogP contribution in [0.1, 0.15) is 11.6 Å². The fraction of sp³-hybridized carbons (Fsp3) is 0.538. The number of ether oxygens (including phenoxy) is 1. The van der Waals surface area contributed by atoms with Gasteiger partial charge in [-0.15, -0.1) is 24.8 Å². The number of aromatic hydroxyl groups is 1. The molecule has 1 aliphatic heterocycles. The summed E-state index contributed by atoms with van der Waals surface area (Å²) >= 11 is 0. The number of alkyl halides is 3. The Labute approximate surface area is 139 Å². The second-order valence-electron chi connectivity index (χ2n) is 4.66. The predicted octanol–water partition coefficient (Wildman–Crippen LogP) is 2.75. The van der Waals surface area contributed by atoms with E-state index in [2.05, 4.69) is 5.32 Å². The van der Waals surface area contributed by atoms with Crippen LogP contribution in [-0.4, -0.2) is 49.5 Å². The van der Waals surface area contributed by atoms with Gasteiger partial charge in [-0.2, -0.15) is 13.2 Å². The molecule has 0 saturated carbocycles. The molecule has 1 heterocycles. The Kier molecular flexibility index (Phi) is 8.32. The molecule has 1 atom stereocenters. The summed E-state index contributed by atoms with van der Waals surface area (Å²) < 4.78 is 44.8. The number of hydrogen-bond acceptors (Lipinski definition) is 4. The number of benzene rings is 1. The maximum Gasteiger partial charge on any atom is 0.408 e. The Morgan fingerprint density at radius 3 is 2.27 bits per heavy atom. The van der Waals surface area contributed by atoms with E-state index >= 15 is 0 Å². The molecule has 0 bridgehead atoms. The van der Waals surface area contributed by atoms with Gasteiger partial charge in [-0.3, -0.25) is 4.90 Å². The minimum atomic E-state index is -4.39. The highest BCUT2D eigenvalue weighted by molar-refractivity contribution is 5.85. The van der Waals surface area contributed by atoms with Crippen molar-refractivity contribution in [3.8, 4) is 11.5 Å². The third-order valence-electron chi connectivity index (χ3n) is 3.35. The van der Waals surface area contributed by atoms with Gasteiger partial charge in [0.25, 0.3) is 0 Å². The van der Waals surface area contributed by atoms with Crippen molar-refractivity contribution in [2.45, 2.75) is 12.2 Å². The number of halogens is 5. The number of rotatable bonds is 3. The average molecular weight is 363 g/mol. The topological polar surface area (TPSA) is 44.7 Å². The highest BCUT2D eigenvalue weighted by Gasteiger charge is 2.45. The van der Waals surface area contributed by atoms with Crippen LogP contribution in [0.5, 0.6) is 11.5 Å². The van der Waals surface area contributed by atoms with Crippen LogP contribution in [0, 0.1) is 0 Å². The molecular formula is C13H19Cl2F3N2O2. The van der Waals surface area contributed by atoms with Crippen LogP contribution in [0.2, 0.25) is 0 Å². The lowest BCUT2D eigenvalue weighted by Crippen LogP contribution is -2.49. The van der Waals surface area contributed by atoms with Gasteiger partial charge in [-0.25, -0.2) is 0 Å². The Balaban J connectivity index is 0.00000220. The van der Waals surface area contributed by atoms with Crippen molar-refractivity contribution in [2.24, 2.45) is 0 Å². The molecule has 2 N–H and O–H groups in total. The van der Waals surface area contributed by atoms with Crippen LogP contribution in [0.3, 0.4) is 0 Å². The summed E-state index contributed by atoms with van der Waals surface area (Å²) in [5.74, 6) is -0.121. The van der Waals surface area contributed by atoms with E-state index in [1.807, 2.05) is 0 Å². The van der Waals surface area contributed by atoms with Crippen molar-refractivity contribution in [2.75, 3.05) is 33.3 Å². The zero-order chi connectivity index (χ0) is 14.8. The van der Waals surface area contributed by atoms with Gasteiger partial charge >= 0.3 is 6.18 Å². The van der Waals surface area contributed by atoms with Crippen molar-refractivity contribution in [1.82, 2.24) is 10.2 Å². The van der Waals surface area contributed by atoms with Crippen molar-refractivity contribution >= 4 is 24.8 Å². The molecule has 22 heavy (non-hydrogen) atoms. The van der Waals surface area contributed by atoms with Crippen molar-refractivity contribution in [1.29, 1.82) is 0 Å². The molecule has 2 rings (SSSR count). The summed E-state index contributed by atoms with van der Waals surface area (Å²) in [6.45, 7) is 1.68. The van der Waals surface area contributed by atoms with Gasteiger partial charge in [0.2, 0.25) is 0 Å². The Hall–Kier alpha value is -0.890. The van der Waals surface area contributed by atoms with Crippen LogP contribution in [0.15, 0.2) is 18.2 Å². The molecule has 9 heteroatoms. The molecule has 1 aromatic rings. The van der Waals surface area contributed by atoms with Crippen LogP contribution in [0.4, 0.5) is 13.2 Å². The predicted molar refractivity (Wildman–Crippen MR) is 82.4 cm³/mol. The van der Waals surface area contributed by atoms with E-state index in [-0.39, 0.29) is 41.9 Å². The van der Waals surface area contributed by atoms with E-state index in [0.29, 0.717) is 26.2 Å². The van der Waals surface area contributed by atoms with Gasteiger partial charge in [-0.1, -0.05) is 6.07 Å². The summed E-state index contributed by atoms with van der Waals surface area (Å²) in [6, 6.07) is 2.12. The average Bonchev–Trinajstić information content (AvgIpc) is 2.39. The molecule has 128 valence electrons. The molecule has 0 unspecified atom stereocenters. The second kappa shape index (κ2) is 8.67. The smallest absolute Gasteiger partial charge is 0.408 e. The lowest BCUT2D eigenvalue weighted by molar-refractivity contribution is -0.187. The number of phenolic OH excluding ortho intramolecular Hbond substituents is 1. The zero-order valence-electron chi connectivity index (χ0n) is 11.9. The first kappa shape index (κ1) is 21.1. The molecule has 1 aromatic carbocycles.